The molecule has 0 spiro atoms. The number of para-hydroxylation sites is 2. The first kappa shape index (κ1) is 31.4. The average molecular weight is 606 g/mol. The third-order valence-corrected chi connectivity index (χ3v) is 8.81. The largest absolute Gasteiger partial charge is 0.471 e. The van der Waals surface area contributed by atoms with Crippen LogP contribution in [0.2, 0.25) is 0 Å². The number of ether oxygens (including phenoxy) is 3. The minimum absolute atomic E-state index is 0.0167. The predicted octanol–water partition coefficient (Wildman–Crippen LogP) is 4.12. The van der Waals surface area contributed by atoms with E-state index < -0.39 is 24.2 Å². The fraction of sp³-hybridized carbons (Fsp3) is 0.545. The van der Waals surface area contributed by atoms with Crippen molar-refractivity contribution in [2.75, 3.05) is 33.4 Å². The van der Waals surface area contributed by atoms with E-state index in [0.29, 0.717) is 36.4 Å². The SMILES string of the molecule is C=CCCCO[C@H]1CCN(C(=O)N[C@H](C(=O)N2C[C@H](Oc3nc4ccccc4nc3C=C)C[C@H]2C(=O)OC)C2CCCC2)C1. The Balaban J connectivity index is 1.30. The van der Waals surface area contributed by atoms with Crippen LogP contribution in [-0.2, 0) is 19.1 Å². The molecule has 1 aliphatic carbocycles. The van der Waals surface area contributed by atoms with Crippen molar-refractivity contribution in [1.29, 1.82) is 0 Å². The molecule has 11 heteroatoms. The number of carbonyl (C=O) groups is 3. The quantitative estimate of drug-likeness (QED) is 0.218. The standard InChI is InChI=1S/C33H43N5O6/c1-4-6-11-18-43-23-16-17-37(20-23)33(41)36-29(22-12-7-8-13-22)31(39)38-21-24(19-28(38)32(40)42-3)44-30-25(5-2)34-26-14-9-10-15-27(26)35-30/h4-5,9-10,14-15,22-24,28-29H,1-2,6-8,11-13,16-21H2,3H3,(H,36,41)/t23-,24+,28-,29-/m0/s1. The highest BCUT2D eigenvalue weighted by molar-refractivity contribution is 5.91. The Hall–Kier alpha value is -3.99. The monoisotopic (exact) mass is 605 g/mol. The first-order valence-corrected chi connectivity index (χ1v) is 15.6. The summed E-state index contributed by atoms with van der Waals surface area (Å²) >= 11 is 0. The van der Waals surface area contributed by atoms with Gasteiger partial charge in [0.15, 0.2) is 0 Å². The van der Waals surface area contributed by atoms with Gasteiger partial charge in [-0.3, -0.25) is 4.79 Å². The molecule has 11 nitrogen and oxygen atoms in total. The maximum absolute atomic E-state index is 14.2. The van der Waals surface area contributed by atoms with E-state index in [9.17, 15) is 14.4 Å². The molecule has 1 aromatic heterocycles. The number of hydrogen-bond donors (Lipinski definition) is 1. The number of rotatable bonds is 12. The molecule has 3 aliphatic rings. The van der Waals surface area contributed by atoms with Crippen molar-refractivity contribution < 1.29 is 28.6 Å². The Labute approximate surface area is 258 Å². The number of unbranched alkanes of at least 4 members (excludes halogenated alkanes) is 1. The number of esters is 1. The van der Waals surface area contributed by atoms with Gasteiger partial charge in [-0.15, -0.1) is 6.58 Å². The molecular weight excluding hydrogens is 562 g/mol. The van der Waals surface area contributed by atoms with E-state index >= 15 is 0 Å². The second-order valence-corrected chi connectivity index (χ2v) is 11.7. The van der Waals surface area contributed by atoms with Gasteiger partial charge in [-0.05, 0) is 56.2 Å². The van der Waals surface area contributed by atoms with Crippen LogP contribution in [0.25, 0.3) is 17.1 Å². The maximum Gasteiger partial charge on any atom is 0.328 e. The fourth-order valence-corrected chi connectivity index (χ4v) is 6.46. The zero-order chi connectivity index (χ0) is 31.1. The number of hydrogen-bond acceptors (Lipinski definition) is 8. The highest BCUT2D eigenvalue weighted by Gasteiger charge is 2.46. The van der Waals surface area contributed by atoms with Gasteiger partial charge in [0, 0.05) is 26.1 Å². The first-order chi connectivity index (χ1) is 21.4. The molecule has 1 aromatic carbocycles. The first-order valence-electron chi connectivity index (χ1n) is 15.6. The number of benzene rings is 1. The summed E-state index contributed by atoms with van der Waals surface area (Å²) in [5.41, 5.74) is 1.86. The molecule has 1 N–H and O–H groups in total. The van der Waals surface area contributed by atoms with Gasteiger partial charge in [0.05, 0.1) is 30.8 Å². The summed E-state index contributed by atoms with van der Waals surface area (Å²) in [4.78, 5) is 53.1. The third kappa shape index (κ3) is 7.20. The maximum atomic E-state index is 14.2. The second-order valence-electron chi connectivity index (χ2n) is 11.7. The number of nitrogens with one attached hydrogen (secondary N) is 1. The molecule has 2 aliphatic heterocycles. The summed E-state index contributed by atoms with van der Waals surface area (Å²) in [6.07, 6.45) is 9.30. The van der Waals surface area contributed by atoms with E-state index in [1.54, 1.807) is 11.0 Å². The number of aromatic nitrogens is 2. The van der Waals surface area contributed by atoms with Crippen molar-refractivity contribution in [2.24, 2.45) is 5.92 Å². The van der Waals surface area contributed by atoms with Gasteiger partial charge in [-0.25, -0.2) is 19.6 Å². The van der Waals surface area contributed by atoms with Gasteiger partial charge >= 0.3 is 12.0 Å². The molecule has 3 fully saturated rings. The highest BCUT2D eigenvalue weighted by atomic mass is 16.5. The molecule has 5 rings (SSSR count). The Morgan fingerprint density at radius 1 is 1.07 bits per heavy atom. The molecule has 2 aromatic rings. The van der Waals surface area contributed by atoms with E-state index in [0.717, 1.165) is 44.9 Å². The summed E-state index contributed by atoms with van der Waals surface area (Å²) < 4.78 is 17.3. The molecule has 2 saturated heterocycles. The van der Waals surface area contributed by atoms with Crippen LogP contribution in [0.1, 0.15) is 57.1 Å². The zero-order valence-corrected chi connectivity index (χ0v) is 25.5. The molecule has 0 radical (unpaired) electrons. The highest BCUT2D eigenvalue weighted by Crippen LogP contribution is 2.32. The van der Waals surface area contributed by atoms with Crippen molar-refractivity contribution in [3.8, 4) is 5.88 Å². The lowest BCUT2D eigenvalue weighted by atomic mass is 9.96. The van der Waals surface area contributed by atoms with Crippen molar-refractivity contribution in [1.82, 2.24) is 25.1 Å². The lowest BCUT2D eigenvalue weighted by Gasteiger charge is -2.32. The summed E-state index contributed by atoms with van der Waals surface area (Å²) in [5, 5.41) is 3.05. The summed E-state index contributed by atoms with van der Waals surface area (Å²) in [5.74, 6) is -0.545. The van der Waals surface area contributed by atoms with Gasteiger partial charge in [0.1, 0.15) is 23.9 Å². The number of fused-ring (bicyclic) bond motifs is 1. The van der Waals surface area contributed by atoms with Gasteiger partial charge < -0.3 is 29.3 Å². The van der Waals surface area contributed by atoms with E-state index in [1.807, 2.05) is 30.3 Å². The van der Waals surface area contributed by atoms with Crippen LogP contribution < -0.4 is 10.1 Å². The van der Waals surface area contributed by atoms with Gasteiger partial charge in [0.25, 0.3) is 0 Å². The van der Waals surface area contributed by atoms with Crippen molar-refractivity contribution in [3.63, 3.8) is 0 Å². The smallest absolute Gasteiger partial charge is 0.328 e. The lowest BCUT2D eigenvalue weighted by molar-refractivity contribution is -0.152. The molecule has 236 valence electrons. The Morgan fingerprint density at radius 3 is 2.52 bits per heavy atom. The minimum Gasteiger partial charge on any atom is -0.471 e. The zero-order valence-electron chi connectivity index (χ0n) is 25.5. The van der Waals surface area contributed by atoms with Crippen LogP contribution in [0, 0.1) is 5.92 Å². The van der Waals surface area contributed by atoms with Crippen LogP contribution in [0.4, 0.5) is 4.79 Å². The van der Waals surface area contributed by atoms with E-state index in [2.05, 4.69) is 28.4 Å². The Morgan fingerprint density at radius 2 is 1.82 bits per heavy atom. The summed E-state index contributed by atoms with van der Waals surface area (Å²) in [6, 6.07) is 5.57. The molecule has 4 atom stereocenters. The van der Waals surface area contributed by atoms with Crippen molar-refractivity contribution in [3.05, 3.63) is 49.2 Å². The van der Waals surface area contributed by atoms with E-state index in [-0.39, 0.29) is 42.8 Å². The minimum atomic E-state index is -0.848. The molecule has 0 unspecified atom stereocenters. The number of nitrogens with zero attached hydrogens (tertiary/aromatic N) is 4. The van der Waals surface area contributed by atoms with Crippen LogP contribution in [0.3, 0.4) is 0 Å². The topological polar surface area (TPSA) is 123 Å². The third-order valence-electron chi connectivity index (χ3n) is 8.81. The van der Waals surface area contributed by atoms with Crippen LogP contribution in [0.15, 0.2) is 43.5 Å². The molecule has 44 heavy (non-hydrogen) atoms. The number of amides is 3. The molecule has 3 heterocycles. The number of urea groups is 1. The van der Waals surface area contributed by atoms with E-state index in [4.69, 9.17) is 14.2 Å². The van der Waals surface area contributed by atoms with Gasteiger partial charge in [-0.2, -0.15) is 0 Å². The van der Waals surface area contributed by atoms with Crippen LogP contribution in [0.5, 0.6) is 5.88 Å². The van der Waals surface area contributed by atoms with Gasteiger partial charge in [0.2, 0.25) is 11.8 Å². The number of carbonyl (C=O) groups excluding carboxylic acids is 3. The van der Waals surface area contributed by atoms with Gasteiger partial charge in [-0.1, -0.05) is 37.6 Å². The average Bonchev–Trinajstić information content (AvgIpc) is 3.83. The summed E-state index contributed by atoms with van der Waals surface area (Å²) in [7, 11) is 1.31. The predicted molar refractivity (Wildman–Crippen MR) is 166 cm³/mol. The number of likely N-dealkylation sites (tertiary alicyclic amines) is 2. The molecular formula is C33H43N5O6. The Bertz CT molecular complexity index is 1360. The molecule has 3 amide bonds. The van der Waals surface area contributed by atoms with Crippen molar-refractivity contribution >= 4 is 35.0 Å². The number of allylic oxidation sites excluding steroid dienone is 1. The van der Waals surface area contributed by atoms with Crippen molar-refractivity contribution in [2.45, 2.75) is 75.7 Å². The summed E-state index contributed by atoms with van der Waals surface area (Å²) in [6.45, 7) is 9.40. The second kappa shape index (κ2) is 14.7. The van der Waals surface area contributed by atoms with Crippen LogP contribution >= 0.6 is 0 Å². The molecule has 1 saturated carbocycles. The number of methoxy groups -OCH3 is 1. The van der Waals surface area contributed by atoms with E-state index in [1.165, 1.54) is 12.0 Å². The Kier molecular flexibility index (Phi) is 10.5. The lowest BCUT2D eigenvalue weighted by Crippen LogP contribution is -2.56. The van der Waals surface area contributed by atoms with Crippen LogP contribution in [-0.4, -0.2) is 95.3 Å². The fourth-order valence-electron chi connectivity index (χ4n) is 6.46. The molecule has 0 bridgehead atoms. The normalized spacial score (nSPS) is 22.6.